The molecule has 0 bridgehead atoms. The van der Waals surface area contributed by atoms with E-state index in [0.717, 1.165) is 29.0 Å². The highest BCUT2D eigenvalue weighted by molar-refractivity contribution is 5.87. The molecule has 1 atom stereocenters. The molecular weight excluding hydrogens is 330 g/mol. The van der Waals surface area contributed by atoms with Crippen LogP contribution in [0.4, 0.5) is 0 Å². The van der Waals surface area contributed by atoms with E-state index in [1.165, 1.54) is 0 Å². The highest BCUT2D eigenvalue weighted by Gasteiger charge is 2.33. The lowest BCUT2D eigenvalue weighted by molar-refractivity contribution is -0.126. The molecular formula is C21H23NO4. The minimum Gasteiger partial charge on any atom is -0.491 e. The molecule has 2 aromatic carbocycles. The van der Waals surface area contributed by atoms with E-state index >= 15 is 0 Å². The summed E-state index contributed by atoms with van der Waals surface area (Å²) in [7, 11) is 0. The molecule has 1 N–H and O–H groups in total. The van der Waals surface area contributed by atoms with Crippen molar-refractivity contribution in [2.45, 2.75) is 31.7 Å². The van der Waals surface area contributed by atoms with E-state index in [1.807, 2.05) is 56.3 Å². The van der Waals surface area contributed by atoms with Crippen LogP contribution in [0.25, 0.3) is 0 Å². The fraction of sp³-hybridized carbons (Fsp3) is 0.381. The Balaban J connectivity index is 1.49. The van der Waals surface area contributed by atoms with Crippen LogP contribution in [0, 0.1) is 0 Å². The molecule has 5 heteroatoms. The first kappa shape index (κ1) is 16.8. The molecule has 0 aliphatic carbocycles. The van der Waals surface area contributed by atoms with Gasteiger partial charge < -0.3 is 19.5 Å². The maximum Gasteiger partial charge on any atom is 0.230 e. The highest BCUT2D eigenvalue weighted by Crippen LogP contribution is 2.35. The number of hydrogen-bond donors (Lipinski definition) is 1. The summed E-state index contributed by atoms with van der Waals surface area (Å²) in [5, 5.41) is 3.14. The maximum absolute atomic E-state index is 13.0. The minimum absolute atomic E-state index is 0.0258. The number of carbonyl (C=O) groups is 1. The third-order valence-electron chi connectivity index (χ3n) is 5.05. The molecule has 0 aromatic heterocycles. The maximum atomic E-state index is 13.0. The van der Waals surface area contributed by atoms with Crippen molar-refractivity contribution in [1.29, 1.82) is 0 Å². The van der Waals surface area contributed by atoms with Gasteiger partial charge in [0.05, 0.1) is 11.5 Å². The number of rotatable bonds is 3. The second-order valence-corrected chi connectivity index (χ2v) is 7.28. The van der Waals surface area contributed by atoms with Crippen molar-refractivity contribution in [3.63, 3.8) is 0 Å². The largest absolute Gasteiger partial charge is 0.491 e. The zero-order valence-corrected chi connectivity index (χ0v) is 15.1. The number of benzene rings is 2. The van der Waals surface area contributed by atoms with Gasteiger partial charge in [-0.3, -0.25) is 4.79 Å². The van der Waals surface area contributed by atoms with Crippen LogP contribution in [0.1, 0.15) is 25.0 Å². The molecule has 2 heterocycles. The number of para-hydroxylation sites is 1. The van der Waals surface area contributed by atoms with Crippen LogP contribution in [-0.4, -0.2) is 31.8 Å². The third kappa shape index (κ3) is 3.09. The van der Waals surface area contributed by atoms with Crippen molar-refractivity contribution >= 4 is 5.91 Å². The summed E-state index contributed by atoms with van der Waals surface area (Å²) in [6.07, 6.45) is 0.777. The SMILES string of the molecule is CC(C)(C(=O)NC1COc2ccccc2C1)c1ccc2c(c1)OCCO2. The van der Waals surface area contributed by atoms with Gasteiger partial charge in [0.15, 0.2) is 11.5 Å². The highest BCUT2D eigenvalue weighted by atomic mass is 16.6. The van der Waals surface area contributed by atoms with Crippen molar-refractivity contribution in [3.8, 4) is 17.2 Å². The average molecular weight is 353 g/mol. The van der Waals surface area contributed by atoms with Gasteiger partial charge in [-0.2, -0.15) is 0 Å². The van der Waals surface area contributed by atoms with E-state index in [4.69, 9.17) is 14.2 Å². The van der Waals surface area contributed by atoms with Crippen LogP contribution in [0.5, 0.6) is 17.2 Å². The van der Waals surface area contributed by atoms with E-state index in [9.17, 15) is 4.79 Å². The van der Waals surface area contributed by atoms with E-state index in [-0.39, 0.29) is 11.9 Å². The molecule has 2 aliphatic heterocycles. The Morgan fingerprint density at radius 1 is 1.00 bits per heavy atom. The van der Waals surface area contributed by atoms with Gasteiger partial charge in [-0.25, -0.2) is 0 Å². The van der Waals surface area contributed by atoms with Gasteiger partial charge >= 0.3 is 0 Å². The van der Waals surface area contributed by atoms with Gasteiger partial charge in [0, 0.05) is 0 Å². The van der Waals surface area contributed by atoms with Crippen LogP contribution in [0.15, 0.2) is 42.5 Å². The molecule has 4 rings (SSSR count). The molecule has 26 heavy (non-hydrogen) atoms. The van der Waals surface area contributed by atoms with Crippen LogP contribution in [-0.2, 0) is 16.6 Å². The molecule has 0 radical (unpaired) electrons. The second-order valence-electron chi connectivity index (χ2n) is 7.28. The molecule has 1 amide bonds. The predicted octanol–water partition coefficient (Wildman–Crippen LogP) is 2.86. The standard InChI is InChI=1S/C21H23NO4/c1-21(2,15-7-8-18-19(12-15)25-10-9-24-18)20(23)22-16-11-14-5-3-4-6-17(14)26-13-16/h3-8,12,16H,9-11,13H2,1-2H3,(H,22,23). The number of hydrogen-bond acceptors (Lipinski definition) is 4. The molecule has 2 aliphatic rings. The first-order chi connectivity index (χ1) is 12.5. The number of fused-ring (bicyclic) bond motifs is 2. The van der Waals surface area contributed by atoms with Crippen LogP contribution < -0.4 is 19.5 Å². The van der Waals surface area contributed by atoms with E-state index in [2.05, 4.69) is 5.32 Å². The summed E-state index contributed by atoms with van der Waals surface area (Å²) in [6.45, 7) is 5.41. The summed E-state index contributed by atoms with van der Waals surface area (Å²) in [6, 6.07) is 13.6. The Bertz CT molecular complexity index is 831. The molecule has 0 spiro atoms. The zero-order chi connectivity index (χ0) is 18.1. The second kappa shape index (κ2) is 6.56. The van der Waals surface area contributed by atoms with Gasteiger partial charge in [-0.15, -0.1) is 0 Å². The average Bonchev–Trinajstić information content (AvgIpc) is 2.67. The van der Waals surface area contributed by atoms with E-state index in [0.29, 0.717) is 25.6 Å². The summed E-state index contributed by atoms with van der Waals surface area (Å²) >= 11 is 0. The first-order valence-electron chi connectivity index (χ1n) is 8.96. The quantitative estimate of drug-likeness (QED) is 0.922. The number of amides is 1. The van der Waals surface area contributed by atoms with Crippen LogP contribution in [0.3, 0.4) is 0 Å². The fourth-order valence-corrected chi connectivity index (χ4v) is 3.35. The van der Waals surface area contributed by atoms with Crippen molar-refractivity contribution in [1.82, 2.24) is 5.32 Å². The van der Waals surface area contributed by atoms with Gasteiger partial charge in [0.2, 0.25) is 5.91 Å². The Hall–Kier alpha value is -2.69. The van der Waals surface area contributed by atoms with Crippen molar-refractivity contribution < 1.29 is 19.0 Å². The van der Waals surface area contributed by atoms with Gasteiger partial charge in [0.1, 0.15) is 25.6 Å². The topological polar surface area (TPSA) is 56.8 Å². The fourth-order valence-electron chi connectivity index (χ4n) is 3.35. The van der Waals surface area contributed by atoms with E-state index < -0.39 is 5.41 Å². The Morgan fingerprint density at radius 3 is 2.62 bits per heavy atom. The van der Waals surface area contributed by atoms with E-state index in [1.54, 1.807) is 0 Å². The zero-order valence-electron chi connectivity index (χ0n) is 15.1. The lowest BCUT2D eigenvalue weighted by Crippen LogP contribution is -2.49. The van der Waals surface area contributed by atoms with Gasteiger partial charge in [-0.05, 0) is 49.6 Å². The summed E-state index contributed by atoms with van der Waals surface area (Å²) < 4.78 is 17.0. The number of ether oxygens (including phenoxy) is 3. The Kier molecular flexibility index (Phi) is 4.23. The van der Waals surface area contributed by atoms with Crippen molar-refractivity contribution in [2.75, 3.05) is 19.8 Å². The Morgan fingerprint density at radius 2 is 1.77 bits per heavy atom. The smallest absolute Gasteiger partial charge is 0.230 e. The van der Waals surface area contributed by atoms with Crippen LogP contribution >= 0.6 is 0 Å². The lowest BCUT2D eigenvalue weighted by atomic mass is 9.83. The molecule has 0 saturated carbocycles. The van der Waals surface area contributed by atoms with Gasteiger partial charge in [-0.1, -0.05) is 24.3 Å². The monoisotopic (exact) mass is 353 g/mol. The van der Waals surface area contributed by atoms with Crippen molar-refractivity contribution in [3.05, 3.63) is 53.6 Å². The number of nitrogens with one attached hydrogen (secondary N) is 1. The predicted molar refractivity (Wildman–Crippen MR) is 98.0 cm³/mol. The minimum atomic E-state index is -0.688. The molecule has 1 unspecified atom stereocenters. The first-order valence-corrected chi connectivity index (χ1v) is 8.96. The normalized spacial score (nSPS) is 18.5. The summed E-state index contributed by atoms with van der Waals surface area (Å²) in [5.41, 5.74) is 1.34. The molecule has 5 nitrogen and oxygen atoms in total. The van der Waals surface area contributed by atoms with Gasteiger partial charge in [0.25, 0.3) is 0 Å². The molecule has 2 aromatic rings. The molecule has 0 fully saturated rings. The number of carbonyl (C=O) groups excluding carboxylic acids is 1. The lowest BCUT2D eigenvalue weighted by Gasteiger charge is -2.31. The summed E-state index contributed by atoms with van der Waals surface area (Å²) in [5.74, 6) is 2.31. The molecule has 0 saturated heterocycles. The Labute approximate surface area is 153 Å². The summed E-state index contributed by atoms with van der Waals surface area (Å²) in [4.78, 5) is 13.0. The third-order valence-corrected chi connectivity index (χ3v) is 5.05. The van der Waals surface area contributed by atoms with Crippen LogP contribution in [0.2, 0.25) is 0 Å². The molecule has 136 valence electrons. The van der Waals surface area contributed by atoms with Crippen molar-refractivity contribution in [2.24, 2.45) is 0 Å².